The van der Waals surface area contributed by atoms with Crippen LogP contribution >= 0.6 is 0 Å². The van der Waals surface area contributed by atoms with Gasteiger partial charge in [-0.25, -0.2) is 9.37 Å². The van der Waals surface area contributed by atoms with Gasteiger partial charge in [0.25, 0.3) is 0 Å². The van der Waals surface area contributed by atoms with Crippen LogP contribution in [-0.2, 0) is 4.79 Å². The van der Waals surface area contributed by atoms with Crippen molar-refractivity contribution in [3.63, 3.8) is 0 Å². The van der Waals surface area contributed by atoms with E-state index in [0.29, 0.717) is 39.5 Å². The number of aromatic amines is 2. The van der Waals surface area contributed by atoms with E-state index >= 15 is 4.39 Å². The molecule has 0 fully saturated rings. The summed E-state index contributed by atoms with van der Waals surface area (Å²) in [5.41, 5.74) is 3.97. The van der Waals surface area contributed by atoms with E-state index in [1.165, 1.54) is 18.6 Å². The molecule has 11 heteroatoms. The summed E-state index contributed by atoms with van der Waals surface area (Å²) < 4.78 is 16.0. The van der Waals surface area contributed by atoms with Gasteiger partial charge in [-0.2, -0.15) is 5.10 Å². The Bertz CT molecular complexity index is 1820. The molecule has 0 aliphatic carbocycles. The van der Waals surface area contributed by atoms with E-state index in [2.05, 4.69) is 40.4 Å². The summed E-state index contributed by atoms with van der Waals surface area (Å²) in [6.07, 6.45) is 9.58. The first kappa shape index (κ1) is 23.3. The predicted molar refractivity (Wildman–Crippen MR) is 141 cm³/mol. The Morgan fingerprint density at radius 1 is 0.895 bits per heavy atom. The number of anilines is 1. The van der Waals surface area contributed by atoms with Gasteiger partial charge in [-0.3, -0.25) is 29.8 Å². The van der Waals surface area contributed by atoms with Crippen LogP contribution in [0.15, 0.2) is 61.4 Å². The second-order valence-corrected chi connectivity index (χ2v) is 9.83. The Balaban J connectivity index is 1.44. The van der Waals surface area contributed by atoms with Gasteiger partial charge in [-0.05, 0) is 24.3 Å². The summed E-state index contributed by atoms with van der Waals surface area (Å²) in [5, 5.41) is 10.2. The van der Waals surface area contributed by atoms with Crippen LogP contribution in [0.5, 0.6) is 0 Å². The lowest BCUT2D eigenvalue weighted by Gasteiger charge is -2.17. The van der Waals surface area contributed by atoms with Crippen molar-refractivity contribution in [2.24, 2.45) is 5.41 Å². The molecule has 0 radical (unpaired) electrons. The number of carbonyl (C=O) groups is 1. The molecule has 38 heavy (non-hydrogen) atoms. The Kier molecular flexibility index (Phi) is 5.41. The van der Waals surface area contributed by atoms with Gasteiger partial charge in [0.15, 0.2) is 11.6 Å². The zero-order chi connectivity index (χ0) is 26.4. The molecule has 188 valence electrons. The summed E-state index contributed by atoms with van der Waals surface area (Å²) in [5.74, 6) is -0.377. The van der Waals surface area contributed by atoms with Crippen molar-refractivity contribution in [3.8, 4) is 34.0 Å². The lowest BCUT2D eigenvalue weighted by atomic mass is 9.95. The maximum absolute atomic E-state index is 16.0. The topological polar surface area (TPSA) is 138 Å². The summed E-state index contributed by atoms with van der Waals surface area (Å²) in [7, 11) is 0. The van der Waals surface area contributed by atoms with Crippen LogP contribution in [-0.4, -0.2) is 46.0 Å². The van der Waals surface area contributed by atoms with Crippen LogP contribution in [0.3, 0.4) is 0 Å². The standard InChI is InChI=1S/C27H22FN9O/c1-27(2,3)26(38)33-16-10-15(11-30-12-16)21-20(28)19-18(13-32-21)36-37-24(19)25-34-17-6-9-31-22(23(17)35-25)14-4-7-29-8-5-14/h4-13H,1-3H3,(H,33,38)(H,34,35)(H,36,37). The maximum Gasteiger partial charge on any atom is 0.229 e. The smallest absolute Gasteiger partial charge is 0.229 e. The molecule has 0 atom stereocenters. The third kappa shape index (κ3) is 4.03. The van der Waals surface area contributed by atoms with Crippen LogP contribution in [0, 0.1) is 11.2 Å². The molecule has 1 amide bonds. The minimum absolute atomic E-state index is 0.0785. The fourth-order valence-electron chi connectivity index (χ4n) is 4.07. The number of carbonyl (C=O) groups excluding carboxylic acids is 1. The van der Waals surface area contributed by atoms with E-state index < -0.39 is 11.2 Å². The highest BCUT2D eigenvalue weighted by Gasteiger charge is 2.23. The molecule has 6 heterocycles. The number of hydrogen-bond donors (Lipinski definition) is 3. The molecule has 0 saturated heterocycles. The molecule has 0 aromatic carbocycles. The monoisotopic (exact) mass is 507 g/mol. The van der Waals surface area contributed by atoms with Crippen LogP contribution in [0.25, 0.3) is 56.0 Å². The minimum Gasteiger partial charge on any atom is -0.336 e. The number of hydrogen-bond acceptors (Lipinski definition) is 7. The molecular weight excluding hydrogens is 485 g/mol. The molecule has 0 spiro atoms. The number of aromatic nitrogens is 8. The van der Waals surface area contributed by atoms with Crippen molar-refractivity contribution in [1.82, 2.24) is 40.1 Å². The van der Waals surface area contributed by atoms with Gasteiger partial charge < -0.3 is 10.3 Å². The van der Waals surface area contributed by atoms with Gasteiger partial charge in [-0.1, -0.05) is 20.8 Å². The normalized spacial score (nSPS) is 11.8. The van der Waals surface area contributed by atoms with Crippen LogP contribution in [0.2, 0.25) is 0 Å². The number of nitrogens with one attached hydrogen (secondary N) is 3. The molecule has 0 aliphatic rings. The Morgan fingerprint density at radius 2 is 1.71 bits per heavy atom. The summed E-state index contributed by atoms with van der Waals surface area (Å²) in [4.78, 5) is 37.4. The Morgan fingerprint density at radius 3 is 2.50 bits per heavy atom. The van der Waals surface area contributed by atoms with Gasteiger partial charge in [0.1, 0.15) is 16.9 Å². The largest absolute Gasteiger partial charge is 0.336 e. The molecule has 0 aliphatic heterocycles. The molecule has 6 aromatic rings. The van der Waals surface area contributed by atoms with E-state index in [-0.39, 0.29) is 17.0 Å². The van der Waals surface area contributed by atoms with Crippen molar-refractivity contribution < 1.29 is 9.18 Å². The SMILES string of the molecule is CC(C)(C)C(=O)Nc1cncc(-c2ncc3[nH]nc(-c4nc5c(-c6ccncc6)nccc5[nH]4)c3c2F)c1. The summed E-state index contributed by atoms with van der Waals surface area (Å²) >= 11 is 0. The molecule has 6 aromatic heterocycles. The fourth-order valence-corrected chi connectivity index (χ4v) is 4.07. The highest BCUT2D eigenvalue weighted by atomic mass is 19.1. The third-order valence-electron chi connectivity index (χ3n) is 6.07. The molecule has 6 rings (SSSR count). The Hall–Kier alpha value is -5.06. The van der Waals surface area contributed by atoms with Crippen LogP contribution in [0.1, 0.15) is 20.8 Å². The number of fused-ring (bicyclic) bond motifs is 2. The zero-order valence-electron chi connectivity index (χ0n) is 20.7. The van der Waals surface area contributed by atoms with Crippen molar-refractivity contribution in [2.45, 2.75) is 20.8 Å². The number of imidazole rings is 1. The van der Waals surface area contributed by atoms with Crippen molar-refractivity contribution in [1.29, 1.82) is 0 Å². The Labute approximate surface area is 215 Å². The van der Waals surface area contributed by atoms with E-state index in [1.54, 1.807) is 30.7 Å². The first-order chi connectivity index (χ1) is 18.3. The van der Waals surface area contributed by atoms with Crippen LogP contribution in [0.4, 0.5) is 10.1 Å². The molecule has 0 unspecified atom stereocenters. The average Bonchev–Trinajstić information content (AvgIpc) is 3.54. The second kappa shape index (κ2) is 8.80. The highest BCUT2D eigenvalue weighted by molar-refractivity contribution is 5.98. The highest BCUT2D eigenvalue weighted by Crippen LogP contribution is 2.34. The van der Waals surface area contributed by atoms with E-state index in [0.717, 1.165) is 11.1 Å². The van der Waals surface area contributed by atoms with Crippen molar-refractivity contribution in [2.75, 3.05) is 5.32 Å². The summed E-state index contributed by atoms with van der Waals surface area (Å²) in [6, 6.07) is 7.15. The maximum atomic E-state index is 16.0. The number of amides is 1. The molecule has 0 bridgehead atoms. The van der Waals surface area contributed by atoms with Gasteiger partial charge in [0, 0.05) is 41.3 Å². The van der Waals surface area contributed by atoms with E-state index in [9.17, 15) is 4.79 Å². The number of rotatable bonds is 4. The number of H-pyrrole nitrogens is 2. The zero-order valence-corrected chi connectivity index (χ0v) is 20.7. The summed E-state index contributed by atoms with van der Waals surface area (Å²) in [6.45, 7) is 5.43. The number of pyridine rings is 4. The first-order valence-electron chi connectivity index (χ1n) is 11.8. The molecule has 10 nitrogen and oxygen atoms in total. The number of nitrogens with zero attached hydrogens (tertiary/aromatic N) is 6. The van der Waals surface area contributed by atoms with E-state index in [1.807, 2.05) is 32.9 Å². The third-order valence-corrected chi connectivity index (χ3v) is 6.07. The van der Waals surface area contributed by atoms with Gasteiger partial charge in [0.05, 0.1) is 40.2 Å². The van der Waals surface area contributed by atoms with Crippen LogP contribution < -0.4 is 5.32 Å². The van der Waals surface area contributed by atoms with Crippen molar-refractivity contribution >= 4 is 33.5 Å². The predicted octanol–water partition coefficient (Wildman–Crippen LogP) is 5.14. The molecule has 3 N–H and O–H groups in total. The van der Waals surface area contributed by atoms with E-state index in [4.69, 9.17) is 4.98 Å². The van der Waals surface area contributed by atoms with Gasteiger partial charge >= 0.3 is 0 Å². The lowest BCUT2D eigenvalue weighted by Crippen LogP contribution is -2.27. The second-order valence-electron chi connectivity index (χ2n) is 9.83. The lowest BCUT2D eigenvalue weighted by molar-refractivity contribution is -0.123. The van der Waals surface area contributed by atoms with Crippen molar-refractivity contribution in [3.05, 3.63) is 67.3 Å². The molecular formula is C27H22FN9O. The quantitative estimate of drug-likeness (QED) is 0.300. The van der Waals surface area contributed by atoms with Gasteiger partial charge in [0.2, 0.25) is 5.91 Å². The number of halogens is 1. The average molecular weight is 508 g/mol. The van der Waals surface area contributed by atoms with Gasteiger partial charge in [-0.15, -0.1) is 0 Å². The fraction of sp³-hybridized carbons (Fsp3) is 0.148. The first-order valence-corrected chi connectivity index (χ1v) is 11.8. The molecule has 0 saturated carbocycles. The minimum atomic E-state index is -0.594.